The number of morpholine rings is 1. The number of anilines is 1. The lowest BCUT2D eigenvalue weighted by atomic mass is 10.1. The Kier molecular flexibility index (Phi) is 4.67. The number of rotatable bonds is 4. The zero-order valence-corrected chi connectivity index (χ0v) is 15.9. The van der Waals surface area contributed by atoms with E-state index in [2.05, 4.69) is 4.90 Å². The van der Waals surface area contributed by atoms with Gasteiger partial charge in [0.1, 0.15) is 0 Å². The van der Waals surface area contributed by atoms with E-state index in [1.807, 2.05) is 25.1 Å². The van der Waals surface area contributed by atoms with E-state index in [1.165, 1.54) is 10.2 Å². The fourth-order valence-electron chi connectivity index (χ4n) is 3.42. The third-order valence-electron chi connectivity index (χ3n) is 4.96. The van der Waals surface area contributed by atoms with Crippen LogP contribution in [0.2, 0.25) is 0 Å². The number of aliphatic hydroxyl groups excluding tert-OH is 1. The second-order valence-corrected chi connectivity index (χ2v) is 8.54. The number of aryl methyl sites for hydroxylation is 1. The van der Waals surface area contributed by atoms with E-state index in [0.29, 0.717) is 24.3 Å². The number of hydrogen-bond donors (Lipinski definition) is 1. The Balaban J connectivity index is 1.83. The number of hydrogen-bond acceptors (Lipinski definition) is 5. The highest BCUT2D eigenvalue weighted by molar-refractivity contribution is 7.90. The van der Waals surface area contributed by atoms with Gasteiger partial charge in [0.2, 0.25) is 0 Å². The minimum Gasteiger partial charge on any atom is -0.392 e. The molecule has 0 radical (unpaired) electrons. The summed E-state index contributed by atoms with van der Waals surface area (Å²) in [6.07, 6.45) is 1.52. The monoisotopic (exact) mass is 386 g/mol. The summed E-state index contributed by atoms with van der Waals surface area (Å²) < 4.78 is 32.9. The Bertz CT molecular complexity index is 1070. The number of aromatic nitrogens is 1. The molecule has 1 aromatic heterocycles. The molecule has 3 aromatic rings. The van der Waals surface area contributed by atoms with Crippen molar-refractivity contribution in [1.82, 2.24) is 3.97 Å². The molecule has 0 aliphatic carbocycles. The molecule has 0 amide bonds. The van der Waals surface area contributed by atoms with Gasteiger partial charge in [-0.2, -0.15) is 0 Å². The van der Waals surface area contributed by atoms with Crippen LogP contribution < -0.4 is 4.90 Å². The van der Waals surface area contributed by atoms with Crippen LogP contribution in [0.15, 0.2) is 53.6 Å². The number of fused-ring (bicyclic) bond motifs is 1. The van der Waals surface area contributed by atoms with Crippen LogP contribution in [0.4, 0.5) is 5.69 Å². The topological polar surface area (TPSA) is 71.8 Å². The van der Waals surface area contributed by atoms with Crippen molar-refractivity contribution in [3.05, 3.63) is 59.8 Å². The molecular weight excluding hydrogens is 364 g/mol. The van der Waals surface area contributed by atoms with E-state index in [9.17, 15) is 13.5 Å². The Morgan fingerprint density at radius 2 is 1.78 bits per heavy atom. The molecule has 0 saturated carbocycles. The van der Waals surface area contributed by atoms with Crippen molar-refractivity contribution in [2.45, 2.75) is 18.4 Å². The van der Waals surface area contributed by atoms with Crippen LogP contribution in [-0.4, -0.2) is 43.8 Å². The molecule has 1 aliphatic heterocycles. The van der Waals surface area contributed by atoms with Crippen molar-refractivity contribution >= 4 is 26.6 Å². The summed E-state index contributed by atoms with van der Waals surface area (Å²) in [5.41, 5.74) is 3.16. The maximum absolute atomic E-state index is 13.1. The zero-order chi connectivity index (χ0) is 19.0. The minimum atomic E-state index is -3.74. The summed E-state index contributed by atoms with van der Waals surface area (Å²) in [6, 6.07) is 12.5. The van der Waals surface area contributed by atoms with Crippen molar-refractivity contribution in [3.8, 4) is 0 Å². The summed E-state index contributed by atoms with van der Waals surface area (Å²) in [7, 11) is -3.74. The van der Waals surface area contributed by atoms with Gasteiger partial charge < -0.3 is 14.7 Å². The standard InChI is InChI=1S/C20H22N2O4S/c1-15-2-5-18(6-3-15)27(24,25)22-13-16(14-23)19-12-17(4-7-20(19)22)21-8-10-26-11-9-21/h2-7,12-13,23H,8-11,14H2,1H3. The van der Waals surface area contributed by atoms with Gasteiger partial charge in [0.25, 0.3) is 10.0 Å². The molecular formula is C20H22N2O4S. The SMILES string of the molecule is Cc1ccc(S(=O)(=O)n2cc(CO)c3cc(N4CCOCC4)ccc32)cc1. The summed E-state index contributed by atoms with van der Waals surface area (Å²) in [5.74, 6) is 0. The lowest BCUT2D eigenvalue weighted by Crippen LogP contribution is -2.36. The van der Waals surface area contributed by atoms with E-state index in [0.717, 1.165) is 29.7 Å². The van der Waals surface area contributed by atoms with Crippen molar-refractivity contribution in [2.75, 3.05) is 31.2 Å². The molecule has 4 rings (SSSR count). The van der Waals surface area contributed by atoms with E-state index in [4.69, 9.17) is 4.74 Å². The molecule has 1 N–H and O–H groups in total. The number of nitrogens with zero attached hydrogens (tertiary/aromatic N) is 2. The first-order valence-corrected chi connectivity index (χ1v) is 10.3. The molecule has 6 nitrogen and oxygen atoms in total. The van der Waals surface area contributed by atoms with Gasteiger partial charge in [-0.05, 0) is 37.3 Å². The number of benzene rings is 2. The van der Waals surface area contributed by atoms with Crippen LogP contribution in [0.5, 0.6) is 0 Å². The lowest BCUT2D eigenvalue weighted by Gasteiger charge is -2.29. The van der Waals surface area contributed by atoms with Crippen molar-refractivity contribution in [2.24, 2.45) is 0 Å². The number of aliphatic hydroxyl groups is 1. The lowest BCUT2D eigenvalue weighted by molar-refractivity contribution is 0.122. The van der Waals surface area contributed by atoms with Crippen LogP contribution >= 0.6 is 0 Å². The molecule has 142 valence electrons. The maximum Gasteiger partial charge on any atom is 0.268 e. The smallest absolute Gasteiger partial charge is 0.268 e. The summed E-state index contributed by atoms with van der Waals surface area (Å²) in [6.45, 7) is 4.63. The highest BCUT2D eigenvalue weighted by Crippen LogP contribution is 2.30. The van der Waals surface area contributed by atoms with E-state index in [-0.39, 0.29) is 11.5 Å². The zero-order valence-electron chi connectivity index (χ0n) is 15.1. The van der Waals surface area contributed by atoms with Crippen LogP contribution in [0.3, 0.4) is 0 Å². The quantitative estimate of drug-likeness (QED) is 0.746. The van der Waals surface area contributed by atoms with Crippen LogP contribution in [0, 0.1) is 6.92 Å². The fourth-order valence-corrected chi connectivity index (χ4v) is 4.81. The maximum atomic E-state index is 13.1. The predicted octanol–water partition coefficient (Wildman–Crippen LogP) is 2.52. The molecule has 1 aliphatic rings. The van der Waals surface area contributed by atoms with Crippen LogP contribution in [0.1, 0.15) is 11.1 Å². The van der Waals surface area contributed by atoms with Gasteiger partial charge in [-0.1, -0.05) is 17.7 Å². The average molecular weight is 386 g/mol. The first-order chi connectivity index (χ1) is 13.0. The summed E-state index contributed by atoms with van der Waals surface area (Å²) in [4.78, 5) is 2.43. The Hall–Kier alpha value is -2.35. The average Bonchev–Trinajstić information content (AvgIpc) is 3.08. The highest BCUT2D eigenvalue weighted by atomic mass is 32.2. The molecule has 2 aromatic carbocycles. The predicted molar refractivity (Wildman–Crippen MR) is 105 cm³/mol. The molecule has 0 atom stereocenters. The minimum absolute atomic E-state index is 0.223. The van der Waals surface area contributed by atoms with Crippen molar-refractivity contribution in [1.29, 1.82) is 0 Å². The summed E-state index contributed by atoms with van der Waals surface area (Å²) >= 11 is 0. The second-order valence-electron chi connectivity index (χ2n) is 6.73. The normalized spacial score (nSPS) is 15.4. The van der Waals surface area contributed by atoms with Gasteiger partial charge in [0, 0.05) is 35.9 Å². The van der Waals surface area contributed by atoms with Gasteiger partial charge in [-0.15, -0.1) is 0 Å². The molecule has 0 spiro atoms. The van der Waals surface area contributed by atoms with Crippen LogP contribution in [0.25, 0.3) is 10.9 Å². The van der Waals surface area contributed by atoms with E-state index in [1.54, 1.807) is 24.3 Å². The first kappa shape index (κ1) is 18.0. The molecule has 1 saturated heterocycles. The van der Waals surface area contributed by atoms with Crippen molar-refractivity contribution in [3.63, 3.8) is 0 Å². The highest BCUT2D eigenvalue weighted by Gasteiger charge is 2.22. The van der Waals surface area contributed by atoms with Gasteiger partial charge in [-0.3, -0.25) is 0 Å². The molecule has 0 unspecified atom stereocenters. The van der Waals surface area contributed by atoms with Crippen molar-refractivity contribution < 1.29 is 18.3 Å². The summed E-state index contributed by atoms with van der Waals surface area (Å²) in [5, 5.41) is 10.5. The van der Waals surface area contributed by atoms with E-state index < -0.39 is 10.0 Å². The number of ether oxygens (including phenoxy) is 1. The van der Waals surface area contributed by atoms with Gasteiger partial charge in [0.15, 0.2) is 0 Å². The molecule has 0 bridgehead atoms. The molecule has 1 fully saturated rings. The van der Waals surface area contributed by atoms with E-state index >= 15 is 0 Å². The molecule has 27 heavy (non-hydrogen) atoms. The molecule has 2 heterocycles. The molecule has 7 heteroatoms. The first-order valence-electron chi connectivity index (χ1n) is 8.90. The fraction of sp³-hybridized carbons (Fsp3) is 0.300. The Labute approximate surface area is 158 Å². The van der Waals surface area contributed by atoms with Gasteiger partial charge in [-0.25, -0.2) is 12.4 Å². The van der Waals surface area contributed by atoms with Crippen LogP contribution in [-0.2, 0) is 21.4 Å². The third kappa shape index (κ3) is 3.22. The third-order valence-corrected chi connectivity index (χ3v) is 6.65. The van der Waals surface area contributed by atoms with Gasteiger partial charge in [0.05, 0.1) is 30.2 Å². The largest absolute Gasteiger partial charge is 0.392 e. The Morgan fingerprint density at radius 3 is 2.44 bits per heavy atom. The second kappa shape index (κ2) is 6.99. The van der Waals surface area contributed by atoms with Gasteiger partial charge >= 0.3 is 0 Å². The Morgan fingerprint density at radius 1 is 1.07 bits per heavy atom.